The molecule has 1 aromatic heterocycles. The molecule has 5 nitrogen and oxygen atoms in total. The van der Waals surface area contributed by atoms with Gasteiger partial charge in [-0.3, -0.25) is 9.78 Å². The highest BCUT2D eigenvalue weighted by molar-refractivity contribution is 6.10. The van der Waals surface area contributed by atoms with Gasteiger partial charge >= 0.3 is 0 Å². The van der Waals surface area contributed by atoms with Gasteiger partial charge in [-0.1, -0.05) is 19.9 Å². The van der Waals surface area contributed by atoms with Crippen molar-refractivity contribution in [2.75, 3.05) is 19.0 Å². The van der Waals surface area contributed by atoms with E-state index in [9.17, 15) is 4.79 Å². The van der Waals surface area contributed by atoms with Gasteiger partial charge in [0.15, 0.2) is 0 Å². The van der Waals surface area contributed by atoms with E-state index in [1.165, 1.54) is 0 Å². The molecule has 0 aliphatic carbocycles. The van der Waals surface area contributed by atoms with Crippen molar-refractivity contribution in [2.24, 2.45) is 5.92 Å². The van der Waals surface area contributed by atoms with Crippen molar-refractivity contribution in [1.29, 1.82) is 5.41 Å². The third kappa shape index (κ3) is 3.97. The number of carbonyl (C=O) groups is 1. The quantitative estimate of drug-likeness (QED) is 0.757. The molecule has 0 aliphatic rings. The summed E-state index contributed by atoms with van der Waals surface area (Å²) < 4.78 is 5.25. The van der Waals surface area contributed by atoms with E-state index in [4.69, 9.17) is 10.1 Å². The average Bonchev–Trinajstić information content (AvgIpc) is 2.57. The van der Waals surface area contributed by atoms with Gasteiger partial charge < -0.3 is 15.5 Å². The first kappa shape index (κ1) is 18.1. The normalized spacial score (nSPS) is 12.2. The molecule has 1 heterocycles. The fraction of sp³-hybridized carbons (Fsp3) is 0.421. The van der Waals surface area contributed by atoms with Crippen LogP contribution in [0.15, 0.2) is 24.3 Å². The molecule has 1 aromatic carbocycles. The standard InChI is InChI=1S/C19H25N3O2/c1-5-13(11-24-4)19(20)16-9-12(3)21-17-10-14(7-8-15(16)17)22-18(23)6-2/h7-10,13,20H,5-6,11H2,1-4H3,(H,22,23)/t13-/m1/s1. The molecule has 0 bridgehead atoms. The van der Waals surface area contributed by atoms with Crippen molar-refractivity contribution in [2.45, 2.75) is 33.6 Å². The lowest BCUT2D eigenvalue weighted by molar-refractivity contribution is -0.115. The van der Waals surface area contributed by atoms with Crippen molar-refractivity contribution >= 4 is 28.2 Å². The van der Waals surface area contributed by atoms with Crippen molar-refractivity contribution in [3.8, 4) is 0 Å². The van der Waals surface area contributed by atoms with Gasteiger partial charge in [0.2, 0.25) is 5.91 Å². The number of ether oxygens (including phenoxy) is 1. The molecule has 2 N–H and O–H groups in total. The summed E-state index contributed by atoms with van der Waals surface area (Å²) in [7, 11) is 1.66. The summed E-state index contributed by atoms with van der Waals surface area (Å²) >= 11 is 0. The summed E-state index contributed by atoms with van der Waals surface area (Å²) in [6, 6.07) is 7.61. The van der Waals surface area contributed by atoms with Crippen molar-refractivity contribution < 1.29 is 9.53 Å². The Morgan fingerprint density at radius 2 is 2.08 bits per heavy atom. The maximum absolute atomic E-state index is 11.6. The Hall–Kier alpha value is -2.27. The molecule has 0 saturated carbocycles. The number of anilines is 1. The van der Waals surface area contributed by atoms with Gasteiger partial charge in [0.05, 0.1) is 12.1 Å². The van der Waals surface area contributed by atoms with E-state index in [1.807, 2.05) is 38.1 Å². The van der Waals surface area contributed by atoms with Crippen molar-refractivity contribution in [3.63, 3.8) is 0 Å². The van der Waals surface area contributed by atoms with Gasteiger partial charge in [0, 0.05) is 47.5 Å². The molecule has 0 spiro atoms. The molecule has 24 heavy (non-hydrogen) atoms. The zero-order valence-electron chi connectivity index (χ0n) is 14.8. The number of pyridine rings is 1. The molecule has 1 amide bonds. The summed E-state index contributed by atoms with van der Waals surface area (Å²) in [6.45, 7) is 6.33. The van der Waals surface area contributed by atoms with Crippen LogP contribution in [0.3, 0.4) is 0 Å². The molecule has 5 heteroatoms. The van der Waals surface area contributed by atoms with Crippen LogP contribution in [0.25, 0.3) is 10.9 Å². The summed E-state index contributed by atoms with van der Waals surface area (Å²) in [6.07, 6.45) is 1.28. The van der Waals surface area contributed by atoms with E-state index < -0.39 is 0 Å². The number of hydrogen-bond acceptors (Lipinski definition) is 4. The zero-order chi connectivity index (χ0) is 17.7. The minimum Gasteiger partial charge on any atom is -0.384 e. The van der Waals surface area contributed by atoms with Crippen molar-refractivity contribution in [3.05, 3.63) is 35.5 Å². The van der Waals surface area contributed by atoms with E-state index in [-0.39, 0.29) is 11.8 Å². The molecule has 0 unspecified atom stereocenters. The van der Waals surface area contributed by atoms with E-state index in [2.05, 4.69) is 17.2 Å². The Labute approximate surface area is 142 Å². The number of nitrogens with one attached hydrogen (secondary N) is 2. The van der Waals surface area contributed by atoms with Crippen LogP contribution < -0.4 is 5.32 Å². The predicted molar refractivity (Wildman–Crippen MR) is 97.9 cm³/mol. The number of fused-ring (bicyclic) bond motifs is 1. The van der Waals surface area contributed by atoms with Crippen LogP contribution >= 0.6 is 0 Å². The number of nitrogens with zero attached hydrogens (tertiary/aromatic N) is 1. The number of hydrogen-bond donors (Lipinski definition) is 2. The molecular formula is C19H25N3O2. The van der Waals surface area contributed by atoms with E-state index in [1.54, 1.807) is 7.11 Å². The number of methoxy groups -OCH3 is 1. The van der Waals surface area contributed by atoms with Gasteiger partial charge in [-0.05, 0) is 31.5 Å². The molecule has 128 valence electrons. The van der Waals surface area contributed by atoms with Crippen LogP contribution in [0.5, 0.6) is 0 Å². The molecule has 0 radical (unpaired) electrons. The smallest absolute Gasteiger partial charge is 0.224 e. The predicted octanol–water partition coefficient (Wildman–Crippen LogP) is 3.93. The monoisotopic (exact) mass is 327 g/mol. The van der Waals surface area contributed by atoms with Crippen LogP contribution in [-0.4, -0.2) is 30.3 Å². The van der Waals surface area contributed by atoms with E-state index in [0.29, 0.717) is 18.7 Å². The number of carbonyl (C=O) groups excluding carboxylic acids is 1. The number of rotatable bonds is 7. The number of aryl methyl sites for hydroxylation is 1. The summed E-state index contributed by atoms with van der Waals surface area (Å²) in [5, 5.41) is 12.4. The third-order valence-electron chi connectivity index (χ3n) is 4.10. The van der Waals surface area contributed by atoms with Crippen LogP contribution in [0, 0.1) is 18.3 Å². The molecule has 2 rings (SSSR count). The summed E-state index contributed by atoms with van der Waals surface area (Å²) in [5.41, 5.74) is 3.83. The second-order valence-electron chi connectivity index (χ2n) is 5.92. The van der Waals surface area contributed by atoms with E-state index >= 15 is 0 Å². The molecular weight excluding hydrogens is 302 g/mol. The first-order valence-electron chi connectivity index (χ1n) is 8.29. The van der Waals surface area contributed by atoms with Gasteiger partial charge in [-0.2, -0.15) is 0 Å². The van der Waals surface area contributed by atoms with Gasteiger partial charge in [-0.25, -0.2) is 0 Å². The lowest BCUT2D eigenvalue weighted by Crippen LogP contribution is -2.20. The molecule has 1 atom stereocenters. The Balaban J connectivity index is 2.47. The van der Waals surface area contributed by atoms with Crippen LogP contribution in [-0.2, 0) is 9.53 Å². The maximum Gasteiger partial charge on any atom is 0.224 e. The SMILES string of the molecule is CCC(=O)Nc1ccc2c(C(=N)[C@H](CC)COC)cc(C)nc2c1. The highest BCUT2D eigenvalue weighted by Crippen LogP contribution is 2.25. The van der Waals surface area contributed by atoms with Crippen LogP contribution in [0.2, 0.25) is 0 Å². The second kappa shape index (κ2) is 8.02. The Kier molecular flexibility index (Phi) is 6.04. The molecule has 0 aliphatic heterocycles. The largest absolute Gasteiger partial charge is 0.384 e. The topological polar surface area (TPSA) is 75.1 Å². The molecule has 0 saturated heterocycles. The molecule has 0 fully saturated rings. The number of aromatic nitrogens is 1. The third-order valence-corrected chi connectivity index (χ3v) is 4.10. The van der Waals surface area contributed by atoms with E-state index in [0.717, 1.165) is 34.3 Å². The summed E-state index contributed by atoms with van der Waals surface area (Å²) in [5.74, 6) is 0.0283. The fourth-order valence-electron chi connectivity index (χ4n) is 2.74. The Bertz CT molecular complexity index is 756. The minimum atomic E-state index is -0.0267. The van der Waals surface area contributed by atoms with Crippen molar-refractivity contribution in [1.82, 2.24) is 4.98 Å². The fourth-order valence-corrected chi connectivity index (χ4v) is 2.74. The first-order valence-corrected chi connectivity index (χ1v) is 8.29. The number of amides is 1. The Morgan fingerprint density at radius 1 is 1.33 bits per heavy atom. The second-order valence-corrected chi connectivity index (χ2v) is 5.92. The lowest BCUT2D eigenvalue weighted by Gasteiger charge is -2.18. The Morgan fingerprint density at radius 3 is 2.71 bits per heavy atom. The van der Waals surface area contributed by atoms with Gasteiger partial charge in [-0.15, -0.1) is 0 Å². The van der Waals surface area contributed by atoms with Gasteiger partial charge in [0.25, 0.3) is 0 Å². The van der Waals surface area contributed by atoms with Gasteiger partial charge in [0.1, 0.15) is 0 Å². The van der Waals surface area contributed by atoms with Crippen LogP contribution in [0.1, 0.15) is 37.9 Å². The zero-order valence-corrected chi connectivity index (χ0v) is 14.8. The summed E-state index contributed by atoms with van der Waals surface area (Å²) in [4.78, 5) is 16.1. The average molecular weight is 327 g/mol. The highest BCUT2D eigenvalue weighted by Gasteiger charge is 2.18. The lowest BCUT2D eigenvalue weighted by atomic mass is 9.92. The first-order chi connectivity index (χ1) is 11.5. The minimum absolute atomic E-state index is 0.0267. The van der Waals surface area contributed by atoms with Crippen LogP contribution in [0.4, 0.5) is 5.69 Å². The number of benzene rings is 1. The maximum atomic E-state index is 11.6. The molecule has 2 aromatic rings. The highest BCUT2D eigenvalue weighted by atomic mass is 16.5.